The minimum Gasteiger partial charge on any atom is -0.335 e. The van der Waals surface area contributed by atoms with E-state index in [-0.39, 0.29) is 24.0 Å². The zero-order valence-corrected chi connectivity index (χ0v) is 32.2. The molecule has 1 N–H and O–H groups in total. The van der Waals surface area contributed by atoms with Gasteiger partial charge in [-0.2, -0.15) is 0 Å². The van der Waals surface area contributed by atoms with Crippen LogP contribution < -0.4 is 5.32 Å². The molecule has 1 aliphatic heterocycles. The van der Waals surface area contributed by atoms with E-state index >= 15 is 0 Å². The molecule has 0 aromatic rings. The first kappa shape index (κ1) is 38.5. The van der Waals surface area contributed by atoms with Crippen LogP contribution >= 0.6 is 36.8 Å². The number of rotatable bonds is 13. The maximum atomic E-state index is 13.9. The van der Waals surface area contributed by atoms with Crippen LogP contribution in [0.1, 0.15) is 86.5 Å². The second kappa shape index (κ2) is 18.5. The standard InChI is InChI=1S/C32H42BrClN3O2P.C6H12/c1-21(2)13-15-36(32(39)27-11-9-22(3)16-28(27)34)20-23(4)30(37-14-7-6-8-24(37)5)18-25-17-26(33)10-12-29(25)35-19-31(38)40;1-5(2)6-3-4-6/h6-8,10,14,16-17,21,29,35H,5,9,11-13,15,18-20,40H2,1-4H3;5-6H,3-4H2,1-2H3/b30-23+;. The van der Waals surface area contributed by atoms with Crippen molar-refractivity contribution in [3.05, 3.63) is 92.4 Å². The molecule has 1 heterocycles. The highest BCUT2D eigenvalue weighted by molar-refractivity contribution is 9.11. The van der Waals surface area contributed by atoms with Crippen molar-refractivity contribution in [1.82, 2.24) is 15.1 Å². The second-order valence-corrected chi connectivity index (χ2v) is 15.7. The average Bonchev–Trinajstić information content (AvgIpc) is 3.84. The van der Waals surface area contributed by atoms with Crippen LogP contribution in [0.5, 0.6) is 0 Å². The Labute approximate surface area is 294 Å². The number of halogens is 2. The fourth-order valence-corrected chi connectivity index (χ4v) is 6.69. The summed E-state index contributed by atoms with van der Waals surface area (Å²) in [6.45, 7) is 18.8. The molecule has 3 aliphatic carbocycles. The van der Waals surface area contributed by atoms with Gasteiger partial charge in [-0.25, -0.2) is 0 Å². The molecule has 1 saturated carbocycles. The van der Waals surface area contributed by atoms with E-state index < -0.39 is 0 Å². The summed E-state index contributed by atoms with van der Waals surface area (Å²) in [6, 6.07) is 0.0334. The minimum atomic E-state index is 0.0158. The Morgan fingerprint density at radius 1 is 1.17 bits per heavy atom. The number of allylic oxidation sites excluding steroid dienone is 9. The molecule has 4 aliphatic rings. The van der Waals surface area contributed by atoms with E-state index in [0.29, 0.717) is 42.5 Å². The lowest BCUT2D eigenvalue weighted by molar-refractivity contribution is -0.127. The predicted molar refractivity (Wildman–Crippen MR) is 202 cm³/mol. The van der Waals surface area contributed by atoms with E-state index in [9.17, 15) is 9.59 Å². The Morgan fingerprint density at radius 3 is 2.46 bits per heavy atom. The van der Waals surface area contributed by atoms with Gasteiger partial charge in [0.05, 0.1) is 6.54 Å². The minimum absolute atomic E-state index is 0.0158. The zero-order valence-electron chi connectivity index (χ0n) is 28.7. The van der Waals surface area contributed by atoms with Gasteiger partial charge in [-0.05, 0) is 106 Å². The van der Waals surface area contributed by atoms with E-state index in [1.807, 2.05) is 35.4 Å². The fraction of sp³-hybridized carbons (Fsp3) is 0.526. The Hall–Kier alpha value is -1.98. The van der Waals surface area contributed by atoms with E-state index in [1.54, 1.807) is 0 Å². The topological polar surface area (TPSA) is 52.7 Å². The van der Waals surface area contributed by atoms with Crippen molar-refractivity contribution in [3.8, 4) is 0 Å². The van der Waals surface area contributed by atoms with Crippen molar-refractivity contribution in [2.24, 2.45) is 17.8 Å². The van der Waals surface area contributed by atoms with Crippen molar-refractivity contribution in [2.75, 3.05) is 19.6 Å². The Bertz CT molecular complexity index is 1360. The maximum Gasteiger partial charge on any atom is 0.251 e. The summed E-state index contributed by atoms with van der Waals surface area (Å²) in [6.07, 6.45) is 21.0. The van der Waals surface area contributed by atoms with Crippen LogP contribution in [0, 0.1) is 17.8 Å². The van der Waals surface area contributed by atoms with Gasteiger partial charge < -0.3 is 15.1 Å². The van der Waals surface area contributed by atoms with Crippen molar-refractivity contribution in [1.29, 1.82) is 0 Å². The zero-order chi connectivity index (χ0) is 34.0. The molecule has 0 spiro atoms. The molecular weight excluding hydrogens is 677 g/mol. The van der Waals surface area contributed by atoms with Crippen molar-refractivity contribution in [2.45, 2.75) is 92.5 Å². The molecular formula is C38H54BrClN3O2P. The molecule has 1 fully saturated rings. The number of carbonyl (C=O) groups excluding carboxylic acids is 2. The summed E-state index contributed by atoms with van der Waals surface area (Å²) in [4.78, 5) is 29.6. The van der Waals surface area contributed by atoms with E-state index in [4.69, 9.17) is 11.6 Å². The molecule has 46 heavy (non-hydrogen) atoms. The van der Waals surface area contributed by atoms with Gasteiger partial charge in [0, 0.05) is 58.2 Å². The monoisotopic (exact) mass is 729 g/mol. The van der Waals surface area contributed by atoms with Gasteiger partial charge in [-0.3, -0.25) is 9.59 Å². The van der Waals surface area contributed by atoms with Crippen molar-refractivity contribution >= 4 is 48.2 Å². The summed E-state index contributed by atoms with van der Waals surface area (Å²) in [5.41, 5.74) is 6.12. The number of nitrogens with one attached hydrogen (secondary N) is 1. The smallest absolute Gasteiger partial charge is 0.251 e. The summed E-state index contributed by atoms with van der Waals surface area (Å²) in [5.74, 6) is 2.55. The average molecular weight is 731 g/mol. The molecule has 2 atom stereocenters. The highest BCUT2D eigenvalue weighted by atomic mass is 79.9. The summed E-state index contributed by atoms with van der Waals surface area (Å²) in [7, 11) is 2.24. The van der Waals surface area contributed by atoms with Gasteiger partial charge in [0.2, 0.25) is 0 Å². The first-order valence-electron chi connectivity index (χ1n) is 16.7. The van der Waals surface area contributed by atoms with Crippen LogP contribution in [0.4, 0.5) is 0 Å². The number of hydrogen-bond donors (Lipinski definition) is 1. The van der Waals surface area contributed by atoms with E-state index in [1.165, 1.54) is 24.0 Å². The SMILES string of the molecule is C=C1C=CC=CN1/C(CC1=CC(Br)=CCC1NCC(=O)P)=C(\C)CN(CCC(C)C)C(=O)C1=C(Cl)C=C(C)CC1.CC(C)C1CC1. The van der Waals surface area contributed by atoms with Crippen LogP contribution in [0.2, 0.25) is 0 Å². The highest BCUT2D eigenvalue weighted by Crippen LogP contribution is 2.36. The third kappa shape index (κ3) is 12.2. The lowest BCUT2D eigenvalue weighted by Crippen LogP contribution is -2.37. The van der Waals surface area contributed by atoms with Crippen molar-refractivity contribution in [3.63, 3.8) is 0 Å². The first-order valence-corrected chi connectivity index (χ1v) is 18.5. The molecule has 0 aromatic carbocycles. The lowest BCUT2D eigenvalue weighted by Gasteiger charge is -2.33. The number of amides is 1. The van der Waals surface area contributed by atoms with Gasteiger partial charge in [-0.1, -0.05) is 88.8 Å². The second-order valence-electron chi connectivity index (χ2n) is 13.7. The molecule has 0 radical (unpaired) electrons. The van der Waals surface area contributed by atoms with E-state index in [0.717, 1.165) is 52.5 Å². The quantitative estimate of drug-likeness (QED) is 0.192. The molecule has 0 saturated heterocycles. The highest BCUT2D eigenvalue weighted by Gasteiger charge is 2.27. The Balaban J connectivity index is 0.000000858. The predicted octanol–water partition coefficient (Wildman–Crippen LogP) is 9.68. The third-order valence-corrected chi connectivity index (χ3v) is 9.98. The molecule has 0 bridgehead atoms. The van der Waals surface area contributed by atoms with Gasteiger partial charge in [0.15, 0.2) is 5.52 Å². The van der Waals surface area contributed by atoms with Crippen molar-refractivity contribution < 1.29 is 9.59 Å². The number of nitrogens with zero attached hydrogens (tertiary/aromatic N) is 2. The molecule has 5 nitrogen and oxygen atoms in total. The normalized spacial score (nSPS) is 20.2. The molecule has 4 rings (SSSR count). The maximum absolute atomic E-state index is 13.9. The molecule has 0 aromatic heterocycles. The van der Waals surface area contributed by atoms with Crippen LogP contribution in [-0.2, 0) is 9.59 Å². The molecule has 252 valence electrons. The van der Waals surface area contributed by atoms with Crippen LogP contribution in [0.3, 0.4) is 0 Å². The van der Waals surface area contributed by atoms with Gasteiger partial charge >= 0.3 is 0 Å². The fourth-order valence-electron chi connectivity index (χ4n) is 5.73. The van der Waals surface area contributed by atoms with Gasteiger partial charge in [0.25, 0.3) is 5.91 Å². The Kier molecular flexibility index (Phi) is 15.5. The molecule has 8 heteroatoms. The Morgan fingerprint density at radius 2 is 1.89 bits per heavy atom. The largest absolute Gasteiger partial charge is 0.335 e. The van der Waals surface area contributed by atoms with E-state index in [2.05, 4.69) is 95.7 Å². The van der Waals surface area contributed by atoms with Crippen LogP contribution in [-0.4, -0.2) is 46.9 Å². The third-order valence-electron chi connectivity index (χ3n) is 8.89. The molecule has 1 amide bonds. The lowest BCUT2D eigenvalue weighted by atomic mass is 9.92. The molecule has 2 unspecified atom stereocenters. The summed E-state index contributed by atoms with van der Waals surface area (Å²) < 4.78 is 1.03. The number of hydrogen-bond acceptors (Lipinski definition) is 4. The van der Waals surface area contributed by atoms with Gasteiger partial charge in [0.1, 0.15) is 0 Å². The number of carbonyl (C=O) groups is 2. The first-order chi connectivity index (χ1) is 21.8. The summed E-state index contributed by atoms with van der Waals surface area (Å²) in [5, 5.41) is 3.96. The van der Waals surface area contributed by atoms with Crippen LogP contribution in [0.15, 0.2) is 92.4 Å². The van der Waals surface area contributed by atoms with Gasteiger partial charge in [-0.15, -0.1) is 0 Å². The summed E-state index contributed by atoms with van der Waals surface area (Å²) >= 11 is 10.2. The van der Waals surface area contributed by atoms with Crippen LogP contribution in [0.25, 0.3) is 0 Å².